The summed E-state index contributed by atoms with van der Waals surface area (Å²) in [7, 11) is -1.41. The average molecular weight is 358 g/mol. The van der Waals surface area contributed by atoms with E-state index in [0.717, 1.165) is 31.7 Å². The normalized spacial score (nSPS) is 18.4. The van der Waals surface area contributed by atoms with Crippen molar-refractivity contribution in [3.63, 3.8) is 0 Å². The van der Waals surface area contributed by atoms with Gasteiger partial charge in [0.2, 0.25) is 10.0 Å². The molecule has 2 amide bonds. The first-order valence-corrected chi connectivity index (χ1v) is 9.66. The molecule has 0 saturated carbocycles. The molecule has 1 atom stereocenters. The van der Waals surface area contributed by atoms with Crippen LogP contribution in [0.15, 0.2) is 18.2 Å². The highest BCUT2D eigenvalue weighted by atomic mass is 32.2. The third kappa shape index (κ3) is 5.64. The van der Waals surface area contributed by atoms with Crippen molar-refractivity contribution in [1.29, 1.82) is 0 Å². The van der Waals surface area contributed by atoms with Crippen LogP contribution in [0.2, 0.25) is 0 Å². The summed E-state index contributed by atoms with van der Waals surface area (Å²) in [5, 5.41) is 5.09. The van der Waals surface area contributed by atoms with Crippen molar-refractivity contribution < 1.29 is 17.6 Å². The van der Waals surface area contributed by atoms with Gasteiger partial charge in [0.25, 0.3) is 0 Å². The van der Waals surface area contributed by atoms with Crippen molar-refractivity contribution >= 4 is 27.4 Å². The zero-order valence-corrected chi connectivity index (χ0v) is 14.6. The summed E-state index contributed by atoms with van der Waals surface area (Å²) in [4.78, 5) is 14.1. The van der Waals surface area contributed by atoms with Gasteiger partial charge < -0.3 is 15.5 Å². The quantitative estimate of drug-likeness (QED) is 0.723. The molecule has 0 radical (unpaired) electrons. The third-order valence-electron chi connectivity index (χ3n) is 3.95. The van der Waals surface area contributed by atoms with Crippen molar-refractivity contribution in [2.45, 2.75) is 25.3 Å². The zero-order chi connectivity index (χ0) is 17.7. The van der Waals surface area contributed by atoms with E-state index in [-0.39, 0.29) is 11.4 Å². The van der Waals surface area contributed by atoms with Crippen LogP contribution in [-0.2, 0) is 10.0 Å². The van der Waals surface area contributed by atoms with E-state index >= 15 is 0 Å². The first-order valence-electron chi connectivity index (χ1n) is 7.77. The molecule has 24 heavy (non-hydrogen) atoms. The molecule has 7 nitrogen and oxygen atoms in total. The molecule has 0 bridgehead atoms. The van der Waals surface area contributed by atoms with Crippen LogP contribution in [0.5, 0.6) is 0 Å². The van der Waals surface area contributed by atoms with Gasteiger partial charge in [-0.25, -0.2) is 17.6 Å². The smallest absolute Gasteiger partial charge is 0.319 e. The molecule has 1 heterocycles. The Bertz CT molecular complexity index is 696. The number of hydrogen-bond donors (Lipinski definition) is 3. The highest BCUT2D eigenvalue weighted by molar-refractivity contribution is 7.92. The number of halogens is 1. The van der Waals surface area contributed by atoms with Crippen LogP contribution in [-0.4, -0.2) is 51.8 Å². The van der Waals surface area contributed by atoms with Crippen molar-refractivity contribution in [3.8, 4) is 0 Å². The first kappa shape index (κ1) is 18.5. The monoisotopic (exact) mass is 358 g/mol. The second-order valence-electron chi connectivity index (χ2n) is 6.02. The lowest BCUT2D eigenvalue weighted by Crippen LogP contribution is -2.34. The number of benzene rings is 1. The standard InChI is InChI=1S/C15H23FN4O3S/c1-20-9-3-4-12(20)7-8-17-15(21)18-14-10-11(5-6-13(14)16)19-24(2,22)23/h5-6,10,12,19H,3-4,7-9H2,1-2H3,(H2,17,18,21)/t12-/m1/s1. The third-order valence-corrected chi connectivity index (χ3v) is 4.56. The minimum Gasteiger partial charge on any atom is -0.338 e. The number of nitrogens with zero attached hydrogens (tertiary/aromatic N) is 1. The van der Waals surface area contributed by atoms with Gasteiger partial charge in [0.05, 0.1) is 17.6 Å². The molecule has 134 valence electrons. The van der Waals surface area contributed by atoms with Crippen molar-refractivity contribution in [2.75, 3.05) is 36.4 Å². The number of amides is 2. The van der Waals surface area contributed by atoms with E-state index in [1.807, 2.05) is 0 Å². The van der Waals surface area contributed by atoms with Gasteiger partial charge in [0.1, 0.15) is 5.82 Å². The Kier molecular flexibility index (Phi) is 6.00. The molecular formula is C15H23FN4O3S. The highest BCUT2D eigenvalue weighted by Gasteiger charge is 2.20. The van der Waals surface area contributed by atoms with E-state index in [0.29, 0.717) is 12.6 Å². The van der Waals surface area contributed by atoms with Gasteiger partial charge in [-0.1, -0.05) is 0 Å². The fourth-order valence-corrected chi connectivity index (χ4v) is 3.32. The topological polar surface area (TPSA) is 90.5 Å². The lowest BCUT2D eigenvalue weighted by molar-refractivity contribution is 0.248. The van der Waals surface area contributed by atoms with Crippen LogP contribution in [0.1, 0.15) is 19.3 Å². The Hall–Kier alpha value is -1.87. The van der Waals surface area contributed by atoms with Crippen LogP contribution in [0.25, 0.3) is 0 Å². The van der Waals surface area contributed by atoms with E-state index in [1.165, 1.54) is 18.6 Å². The van der Waals surface area contributed by atoms with Crippen LogP contribution >= 0.6 is 0 Å². The summed E-state index contributed by atoms with van der Waals surface area (Å²) in [6.45, 7) is 1.56. The highest BCUT2D eigenvalue weighted by Crippen LogP contribution is 2.20. The molecule has 3 N–H and O–H groups in total. The van der Waals surface area contributed by atoms with E-state index in [4.69, 9.17) is 0 Å². The molecule has 1 aromatic rings. The first-order chi connectivity index (χ1) is 11.2. The average Bonchev–Trinajstić information content (AvgIpc) is 2.86. The SMILES string of the molecule is CN1CCC[C@@H]1CCNC(=O)Nc1cc(NS(C)(=O)=O)ccc1F. The molecular weight excluding hydrogens is 335 g/mol. The Morgan fingerprint density at radius 3 is 2.79 bits per heavy atom. The van der Waals surface area contributed by atoms with Crippen LogP contribution < -0.4 is 15.4 Å². The summed E-state index contributed by atoms with van der Waals surface area (Å²) in [6.07, 6.45) is 4.12. The minimum atomic E-state index is -3.47. The van der Waals surface area contributed by atoms with Crippen molar-refractivity contribution in [2.24, 2.45) is 0 Å². The number of nitrogens with one attached hydrogen (secondary N) is 3. The van der Waals surface area contributed by atoms with E-state index in [9.17, 15) is 17.6 Å². The van der Waals surface area contributed by atoms with Crippen molar-refractivity contribution in [1.82, 2.24) is 10.2 Å². The lowest BCUT2D eigenvalue weighted by Gasteiger charge is -2.19. The molecule has 0 spiro atoms. The molecule has 1 aliphatic rings. The number of carbonyl (C=O) groups is 1. The van der Waals surface area contributed by atoms with Crippen LogP contribution in [0, 0.1) is 5.82 Å². The number of sulfonamides is 1. The molecule has 1 fully saturated rings. The summed E-state index contributed by atoms with van der Waals surface area (Å²) >= 11 is 0. The second-order valence-corrected chi connectivity index (χ2v) is 7.76. The predicted molar refractivity (Wildman–Crippen MR) is 92.2 cm³/mol. The Balaban J connectivity index is 1.87. The lowest BCUT2D eigenvalue weighted by atomic mass is 10.1. The number of likely N-dealkylation sites (tertiary alicyclic amines) is 1. The van der Waals surface area contributed by atoms with E-state index < -0.39 is 21.9 Å². The number of hydrogen-bond acceptors (Lipinski definition) is 4. The number of urea groups is 1. The van der Waals surface area contributed by atoms with Gasteiger partial charge in [0.15, 0.2) is 0 Å². The molecule has 0 aliphatic carbocycles. The Morgan fingerprint density at radius 1 is 1.42 bits per heavy atom. The van der Waals surface area contributed by atoms with Crippen LogP contribution in [0.4, 0.5) is 20.6 Å². The number of anilines is 2. The Labute approximate surface area is 141 Å². The summed E-state index contributed by atoms with van der Waals surface area (Å²) < 4.78 is 38.4. The summed E-state index contributed by atoms with van der Waals surface area (Å²) in [5.41, 5.74) is 0.0981. The van der Waals surface area contributed by atoms with Gasteiger partial charge >= 0.3 is 6.03 Å². The van der Waals surface area contributed by atoms with Gasteiger partial charge in [-0.2, -0.15) is 0 Å². The number of carbonyl (C=O) groups excluding carboxylic acids is 1. The predicted octanol–water partition coefficient (Wildman–Crippen LogP) is 1.80. The Morgan fingerprint density at radius 2 is 2.17 bits per heavy atom. The molecule has 1 saturated heterocycles. The van der Waals surface area contributed by atoms with Gasteiger partial charge in [-0.3, -0.25) is 4.72 Å². The fraction of sp³-hybridized carbons (Fsp3) is 0.533. The molecule has 9 heteroatoms. The summed E-state index contributed by atoms with van der Waals surface area (Å²) in [5.74, 6) is -0.639. The largest absolute Gasteiger partial charge is 0.338 e. The molecule has 0 unspecified atom stereocenters. The second kappa shape index (κ2) is 7.80. The van der Waals surface area contributed by atoms with Gasteiger partial charge in [-0.15, -0.1) is 0 Å². The van der Waals surface area contributed by atoms with E-state index in [2.05, 4.69) is 27.3 Å². The maximum atomic E-state index is 13.8. The van der Waals surface area contributed by atoms with Crippen molar-refractivity contribution in [3.05, 3.63) is 24.0 Å². The van der Waals surface area contributed by atoms with E-state index in [1.54, 1.807) is 0 Å². The van der Waals surface area contributed by atoms with Gasteiger partial charge in [0, 0.05) is 12.6 Å². The maximum Gasteiger partial charge on any atom is 0.319 e. The molecule has 0 aromatic heterocycles. The fourth-order valence-electron chi connectivity index (χ4n) is 2.76. The summed E-state index contributed by atoms with van der Waals surface area (Å²) in [6, 6.07) is 3.56. The maximum absolute atomic E-state index is 13.8. The minimum absolute atomic E-state index is 0.0841. The molecule has 2 rings (SSSR count). The number of rotatable bonds is 6. The van der Waals surface area contributed by atoms with Crippen LogP contribution in [0.3, 0.4) is 0 Å². The molecule has 1 aliphatic heterocycles. The molecule has 1 aromatic carbocycles. The zero-order valence-electron chi connectivity index (χ0n) is 13.8. The van der Waals surface area contributed by atoms with Gasteiger partial charge in [-0.05, 0) is 51.1 Å².